The molecule has 0 radical (unpaired) electrons. The van der Waals surface area contributed by atoms with E-state index in [1.165, 1.54) is 18.3 Å². The molecule has 104 valence electrons. The van der Waals surface area contributed by atoms with Crippen LogP contribution in [0, 0.1) is 15.2 Å². The Balaban J connectivity index is 2.21. The maximum absolute atomic E-state index is 13.4. The predicted molar refractivity (Wildman–Crippen MR) is 83.9 cm³/mol. The van der Waals surface area contributed by atoms with Gasteiger partial charge in [0.05, 0.1) is 15.9 Å². The molecule has 0 bridgehead atoms. The van der Waals surface area contributed by atoms with Gasteiger partial charge in [0.2, 0.25) is 0 Å². The Morgan fingerprint density at radius 1 is 1.20 bits per heavy atom. The predicted octanol–water partition coefficient (Wildman–Crippen LogP) is 4.72. The first kappa shape index (κ1) is 14.9. The van der Waals surface area contributed by atoms with E-state index in [1.54, 1.807) is 0 Å². The van der Waals surface area contributed by atoms with E-state index in [4.69, 9.17) is 4.74 Å². The van der Waals surface area contributed by atoms with Gasteiger partial charge < -0.3 is 4.74 Å². The lowest BCUT2D eigenvalue weighted by atomic mass is 10.2. The third kappa shape index (κ3) is 3.75. The van der Waals surface area contributed by atoms with Gasteiger partial charge in [-0.15, -0.1) is 0 Å². The lowest BCUT2D eigenvalue weighted by Gasteiger charge is -2.05. The maximum Gasteiger partial charge on any atom is 0.151 e. The summed E-state index contributed by atoms with van der Waals surface area (Å²) in [5, 5.41) is 0. The molecule has 0 aliphatic heterocycles. The van der Waals surface area contributed by atoms with Gasteiger partial charge in [-0.3, -0.25) is 4.99 Å². The SMILES string of the molecule is CCOc1ccc(C=Nc2ccc(F)cc2F)cc1I. The molecule has 0 aromatic heterocycles. The van der Waals surface area contributed by atoms with Crippen molar-refractivity contribution in [1.82, 2.24) is 0 Å². The second-order valence-corrected chi connectivity index (χ2v) is 5.14. The van der Waals surface area contributed by atoms with Gasteiger partial charge in [-0.1, -0.05) is 0 Å². The van der Waals surface area contributed by atoms with Gasteiger partial charge in [0.25, 0.3) is 0 Å². The van der Waals surface area contributed by atoms with Crippen LogP contribution in [0.5, 0.6) is 5.75 Å². The van der Waals surface area contributed by atoms with Crippen molar-refractivity contribution in [3.63, 3.8) is 0 Å². The summed E-state index contributed by atoms with van der Waals surface area (Å²) < 4.78 is 32.6. The highest BCUT2D eigenvalue weighted by Gasteiger charge is 2.03. The third-order valence-electron chi connectivity index (χ3n) is 2.52. The zero-order valence-corrected chi connectivity index (χ0v) is 12.9. The summed E-state index contributed by atoms with van der Waals surface area (Å²) in [5.74, 6) is -0.489. The molecular formula is C15H12F2INO. The quantitative estimate of drug-likeness (QED) is 0.550. The van der Waals surface area contributed by atoms with Crippen LogP contribution in [0.15, 0.2) is 41.4 Å². The minimum Gasteiger partial charge on any atom is -0.493 e. The first-order chi connectivity index (χ1) is 9.60. The highest BCUT2D eigenvalue weighted by Crippen LogP contribution is 2.22. The van der Waals surface area contributed by atoms with Gasteiger partial charge in [-0.25, -0.2) is 8.78 Å². The zero-order chi connectivity index (χ0) is 14.5. The topological polar surface area (TPSA) is 21.6 Å². The van der Waals surface area contributed by atoms with E-state index in [1.807, 2.05) is 25.1 Å². The van der Waals surface area contributed by atoms with E-state index in [2.05, 4.69) is 27.6 Å². The van der Waals surface area contributed by atoms with Gasteiger partial charge in [-0.2, -0.15) is 0 Å². The molecule has 2 rings (SSSR count). The lowest BCUT2D eigenvalue weighted by molar-refractivity contribution is 0.338. The van der Waals surface area contributed by atoms with Crippen molar-refractivity contribution >= 4 is 34.5 Å². The molecule has 0 spiro atoms. The molecule has 2 aromatic carbocycles. The smallest absolute Gasteiger partial charge is 0.151 e. The summed E-state index contributed by atoms with van der Waals surface area (Å²) in [6.07, 6.45) is 1.54. The normalized spacial score (nSPS) is 11.0. The molecule has 0 saturated heterocycles. The second-order valence-electron chi connectivity index (χ2n) is 3.98. The number of hydrogen-bond donors (Lipinski definition) is 0. The van der Waals surface area contributed by atoms with Crippen LogP contribution in [0.4, 0.5) is 14.5 Å². The van der Waals surface area contributed by atoms with Crippen LogP contribution in [-0.2, 0) is 0 Å². The van der Waals surface area contributed by atoms with Gasteiger partial charge >= 0.3 is 0 Å². The van der Waals surface area contributed by atoms with Crippen LogP contribution in [0.3, 0.4) is 0 Å². The van der Waals surface area contributed by atoms with E-state index >= 15 is 0 Å². The standard InChI is InChI=1S/C15H12F2INO/c1-2-20-15-6-3-10(7-13(15)18)9-19-14-5-4-11(16)8-12(14)17/h3-9H,2H2,1H3. The van der Waals surface area contributed by atoms with Crippen LogP contribution in [0.25, 0.3) is 0 Å². The fraction of sp³-hybridized carbons (Fsp3) is 0.133. The number of nitrogens with zero attached hydrogens (tertiary/aromatic N) is 1. The van der Waals surface area contributed by atoms with E-state index in [0.717, 1.165) is 20.9 Å². The highest BCUT2D eigenvalue weighted by molar-refractivity contribution is 14.1. The Kier molecular flexibility index (Phi) is 5.05. The monoisotopic (exact) mass is 387 g/mol. The van der Waals surface area contributed by atoms with Crippen molar-refractivity contribution < 1.29 is 13.5 Å². The summed E-state index contributed by atoms with van der Waals surface area (Å²) in [5.41, 5.74) is 0.928. The van der Waals surface area contributed by atoms with Crippen LogP contribution >= 0.6 is 22.6 Å². The van der Waals surface area contributed by atoms with Gasteiger partial charge in [-0.05, 0) is 65.4 Å². The summed E-state index contributed by atoms with van der Waals surface area (Å²) in [6.45, 7) is 2.52. The molecule has 20 heavy (non-hydrogen) atoms. The number of aliphatic imine (C=N–C) groups is 1. The van der Waals surface area contributed by atoms with E-state index < -0.39 is 11.6 Å². The molecule has 0 fully saturated rings. The average molecular weight is 387 g/mol. The Hall–Kier alpha value is -1.50. The highest BCUT2D eigenvalue weighted by atomic mass is 127. The molecule has 0 saturated carbocycles. The molecule has 2 aromatic rings. The summed E-state index contributed by atoms with van der Waals surface area (Å²) in [4.78, 5) is 4.02. The minimum absolute atomic E-state index is 0.107. The van der Waals surface area contributed by atoms with Crippen LogP contribution in [0.1, 0.15) is 12.5 Å². The van der Waals surface area contributed by atoms with Crippen molar-refractivity contribution in [1.29, 1.82) is 0 Å². The number of halogens is 3. The van der Waals surface area contributed by atoms with Crippen molar-refractivity contribution in [2.75, 3.05) is 6.61 Å². The van der Waals surface area contributed by atoms with Crippen molar-refractivity contribution in [3.05, 3.63) is 57.2 Å². The van der Waals surface area contributed by atoms with Crippen molar-refractivity contribution in [2.45, 2.75) is 6.92 Å². The van der Waals surface area contributed by atoms with E-state index in [0.29, 0.717) is 6.61 Å². The summed E-state index contributed by atoms with van der Waals surface area (Å²) in [6, 6.07) is 8.86. The van der Waals surface area contributed by atoms with Crippen LogP contribution in [0.2, 0.25) is 0 Å². The number of rotatable bonds is 4. The molecule has 0 atom stereocenters. The first-order valence-corrected chi connectivity index (χ1v) is 7.09. The Morgan fingerprint density at radius 3 is 2.65 bits per heavy atom. The molecule has 0 unspecified atom stereocenters. The lowest BCUT2D eigenvalue weighted by Crippen LogP contribution is -1.94. The Bertz CT molecular complexity index is 644. The number of hydrogen-bond acceptors (Lipinski definition) is 2. The fourth-order valence-electron chi connectivity index (χ4n) is 1.60. The van der Waals surface area contributed by atoms with Gasteiger partial charge in [0.1, 0.15) is 11.6 Å². The number of benzene rings is 2. The van der Waals surface area contributed by atoms with Crippen LogP contribution < -0.4 is 4.74 Å². The molecule has 0 N–H and O–H groups in total. The van der Waals surface area contributed by atoms with Crippen molar-refractivity contribution in [3.8, 4) is 5.75 Å². The Morgan fingerprint density at radius 2 is 2.00 bits per heavy atom. The average Bonchev–Trinajstić information content (AvgIpc) is 2.41. The largest absolute Gasteiger partial charge is 0.493 e. The molecule has 0 aliphatic carbocycles. The Labute approximate surface area is 129 Å². The maximum atomic E-state index is 13.4. The van der Waals surface area contributed by atoms with Gasteiger partial charge in [0.15, 0.2) is 5.82 Å². The van der Waals surface area contributed by atoms with E-state index in [9.17, 15) is 8.78 Å². The third-order valence-corrected chi connectivity index (χ3v) is 3.36. The molecule has 5 heteroatoms. The molecule has 2 nitrogen and oxygen atoms in total. The zero-order valence-electron chi connectivity index (χ0n) is 10.7. The summed E-state index contributed by atoms with van der Waals surface area (Å²) >= 11 is 2.16. The minimum atomic E-state index is -0.679. The molecule has 0 amide bonds. The van der Waals surface area contributed by atoms with Crippen LogP contribution in [-0.4, -0.2) is 12.8 Å². The molecule has 0 aliphatic rings. The van der Waals surface area contributed by atoms with E-state index in [-0.39, 0.29) is 5.69 Å². The molecular weight excluding hydrogens is 375 g/mol. The fourth-order valence-corrected chi connectivity index (χ4v) is 2.30. The summed E-state index contributed by atoms with van der Waals surface area (Å²) in [7, 11) is 0. The molecule has 0 heterocycles. The second kappa shape index (κ2) is 6.78. The first-order valence-electron chi connectivity index (χ1n) is 6.01. The van der Waals surface area contributed by atoms with Crippen molar-refractivity contribution in [2.24, 2.45) is 4.99 Å². The number of ether oxygens (including phenoxy) is 1. The van der Waals surface area contributed by atoms with Gasteiger partial charge in [0, 0.05) is 12.3 Å².